The van der Waals surface area contributed by atoms with Gasteiger partial charge in [-0.25, -0.2) is 5.01 Å². The van der Waals surface area contributed by atoms with Crippen molar-refractivity contribution in [2.45, 2.75) is 19.6 Å². The maximum Gasteiger partial charge on any atom is 0.301 e. The fourth-order valence-corrected chi connectivity index (χ4v) is 2.75. The Hall–Kier alpha value is -1.07. The van der Waals surface area contributed by atoms with E-state index in [9.17, 15) is 4.79 Å². The van der Waals surface area contributed by atoms with E-state index in [0.29, 0.717) is 5.76 Å². The molecular weight excluding hydrogens is 208 g/mol. The molecule has 0 saturated heterocycles. The number of hydrogen-bond acceptors (Lipinski definition) is 3. The van der Waals surface area contributed by atoms with Crippen LogP contribution in [0.3, 0.4) is 0 Å². The number of carbonyl (C=O) groups excluding carboxylic acids is 1. The van der Waals surface area contributed by atoms with E-state index < -0.39 is 8.07 Å². The predicted molar refractivity (Wildman–Crippen MR) is 62.8 cm³/mol. The molecule has 1 aromatic heterocycles. The highest BCUT2D eigenvalue weighted by molar-refractivity contribution is 6.89. The second-order valence-corrected chi connectivity index (χ2v) is 9.79. The molecule has 0 fully saturated rings. The smallest absolute Gasteiger partial charge is 0.301 e. The van der Waals surface area contributed by atoms with Gasteiger partial charge in [0.25, 0.3) is 0 Å². The van der Waals surface area contributed by atoms with Gasteiger partial charge in [-0.3, -0.25) is 10.2 Å². The van der Waals surface area contributed by atoms with E-state index in [1.54, 1.807) is 25.4 Å². The highest BCUT2D eigenvalue weighted by Crippen LogP contribution is 2.08. The largest absolute Gasteiger partial charge is 0.459 e. The Morgan fingerprint density at radius 2 is 2.00 bits per heavy atom. The molecule has 0 aliphatic carbocycles. The normalized spacial score (nSPS) is 11.9. The van der Waals surface area contributed by atoms with Gasteiger partial charge < -0.3 is 4.42 Å². The van der Waals surface area contributed by atoms with Gasteiger partial charge in [0.15, 0.2) is 5.76 Å². The summed E-state index contributed by atoms with van der Waals surface area (Å²) in [5.74, 6) is 0.269. The number of carbonyl (C=O) groups is 1. The lowest BCUT2D eigenvalue weighted by molar-refractivity contribution is 0.0829. The summed E-state index contributed by atoms with van der Waals surface area (Å²) in [4.78, 5) is 11.8. The minimum Gasteiger partial charge on any atom is -0.459 e. The summed E-state index contributed by atoms with van der Waals surface area (Å²) in [6, 6.07) is 1.90. The molecule has 0 atom stereocenters. The lowest BCUT2D eigenvalue weighted by atomic mass is 10.4. The molecule has 1 N–H and O–H groups in total. The topological polar surface area (TPSA) is 45.5 Å². The van der Waals surface area contributed by atoms with Gasteiger partial charge in [0.05, 0.1) is 14.3 Å². The van der Waals surface area contributed by atoms with Gasteiger partial charge in [0.2, 0.25) is 0 Å². The Bertz CT molecular complexity index is 353. The molecule has 1 heterocycles. The summed E-state index contributed by atoms with van der Waals surface area (Å²) in [7, 11) is 2.03. The minimum absolute atomic E-state index is 0.178. The monoisotopic (exact) mass is 226 g/mol. The van der Waals surface area contributed by atoms with Gasteiger partial charge in [-0.05, 0) is 11.3 Å². The van der Waals surface area contributed by atoms with Gasteiger partial charge in [-0.2, -0.15) is 0 Å². The lowest BCUT2D eigenvalue weighted by Gasteiger charge is -2.17. The van der Waals surface area contributed by atoms with Crippen LogP contribution in [0, 0.1) is 0 Å². The molecule has 0 unspecified atom stereocenters. The highest BCUT2D eigenvalue weighted by Gasteiger charge is 2.26. The van der Waals surface area contributed by atoms with Gasteiger partial charge in [0.1, 0.15) is 0 Å². The van der Waals surface area contributed by atoms with E-state index >= 15 is 0 Å². The van der Waals surface area contributed by atoms with Crippen LogP contribution in [0.4, 0.5) is 0 Å². The van der Waals surface area contributed by atoms with Crippen molar-refractivity contribution >= 4 is 19.2 Å². The number of amides is 1. The second kappa shape index (κ2) is 4.20. The Kier molecular flexibility index (Phi) is 3.36. The first-order valence-corrected chi connectivity index (χ1v) is 8.38. The molecule has 5 heteroatoms. The Balaban J connectivity index is 2.96. The number of hydrogen-bond donors (Lipinski definition) is 1. The minimum atomic E-state index is -1.51. The molecule has 1 rings (SSSR count). The van der Waals surface area contributed by atoms with Gasteiger partial charge >= 0.3 is 5.91 Å². The van der Waals surface area contributed by atoms with E-state index in [1.807, 2.05) is 6.07 Å². The van der Waals surface area contributed by atoms with Crippen molar-refractivity contribution in [1.82, 2.24) is 10.4 Å². The van der Waals surface area contributed by atoms with Crippen molar-refractivity contribution in [3.63, 3.8) is 0 Å². The van der Waals surface area contributed by atoms with Crippen molar-refractivity contribution in [1.29, 1.82) is 0 Å². The van der Waals surface area contributed by atoms with Crippen molar-refractivity contribution in [2.75, 3.05) is 14.1 Å². The predicted octanol–water partition coefficient (Wildman–Crippen LogP) is 1.03. The van der Waals surface area contributed by atoms with Crippen LogP contribution in [0.25, 0.3) is 0 Å². The van der Waals surface area contributed by atoms with E-state index in [1.165, 1.54) is 0 Å². The average Bonchev–Trinajstić information content (AvgIpc) is 2.48. The molecule has 1 amide bonds. The van der Waals surface area contributed by atoms with E-state index in [-0.39, 0.29) is 5.91 Å². The van der Waals surface area contributed by atoms with Crippen LogP contribution in [-0.4, -0.2) is 33.1 Å². The zero-order chi connectivity index (χ0) is 11.6. The summed E-state index contributed by atoms with van der Waals surface area (Å²) < 4.78 is 5.25. The third-order valence-corrected chi connectivity index (χ3v) is 4.01. The van der Waals surface area contributed by atoms with Crippen molar-refractivity contribution in [3.8, 4) is 0 Å². The zero-order valence-corrected chi connectivity index (χ0v) is 10.9. The number of rotatable bonds is 3. The second-order valence-electron chi connectivity index (χ2n) is 4.75. The van der Waals surface area contributed by atoms with Crippen LogP contribution >= 0.6 is 0 Å². The first kappa shape index (κ1) is 12.0. The summed E-state index contributed by atoms with van der Waals surface area (Å²) in [5, 5.41) is 2.67. The molecule has 1 aromatic rings. The standard InChI is InChI=1S/C10H18N2O2Si/c1-12(2)11-10(13)9-8(6-7-14-9)15(3,4)5/h6-7H,1-5H3,(H,11,13). The number of nitrogens with one attached hydrogen (secondary N) is 1. The fraction of sp³-hybridized carbons (Fsp3) is 0.500. The molecular formula is C10H18N2O2Si. The molecule has 4 nitrogen and oxygen atoms in total. The van der Waals surface area contributed by atoms with Crippen molar-refractivity contribution < 1.29 is 9.21 Å². The Labute approximate surface area is 91.2 Å². The van der Waals surface area contributed by atoms with Crippen LogP contribution in [0.2, 0.25) is 19.6 Å². The molecule has 0 aromatic carbocycles. The fourth-order valence-electron chi connectivity index (χ4n) is 1.33. The van der Waals surface area contributed by atoms with E-state index in [4.69, 9.17) is 4.42 Å². The third kappa shape index (κ3) is 2.94. The van der Waals surface area contributed by atoms with Crippen LogP contribution < -0.4 is 10.6 Å². The highest BCUT2D eigenvalue weighted by atomic mass is 28.3. The molecule has 0 spiro atoms. The summed E-state index contributed by atoms with van der Waals surface area (Å²) >= 11 is 0. The molecule has 0 aliphatic rings. The van der Waals surface area contributed by atoms with Crippen molar-refractivity contribution in [3.05, 3.63) is 18.1 Å². The molecule has 15 heavy (non-hydrogen) atoms. The molecule has 84 valence electrons. The van der Waals surface area contributed by atoms with Crippen LogP contribution in [-0.2, 0) is 0 Å². The molecule has 0 saturated carbocycles. The van der Waals surface area contributed by atoms with E-state index in [0.717, 1.165) is 5.19 Å². The van der Waals surface area contributed by atoms with Crippen LogP contribution in [0.5, 0.6) is 0 Å². The summed E-state index contributed by atoms with van der Waals surface area (Å²) in [6.07, 6.45) is 1.58. The van der Waals surface area contributed by atoms with E-state index in [2.05, 4.69) is 25.1 Å². The van der Waals surface area contributed by atoms with Gasteiger partial charge in [0, 0.05) is 14.1 Å². The first-order valence-electron chi connectivity index (χ1n) is 4.88. The van der Waals surface area contributed by atoms with Gasteiger partial charge in [-0.1, -0.05) is 19.6 Å². The lowest BCUT2D eigenvalue weighted by Crippen LogP contribution is -2.44. The third-order valence-electron chi connectivity index (χ3n) is 2.00. The zero-order valence-electron chi connectivity index (χ0n) is 9.92. The Morgan fingerprint density at radius 3 is 2.47 bits per heavy atom. The number of furan rings is 1. The van der Waals surface area contributed by atoms with Crippen LogP contribution in [0.15, 0.2) is 16.7 Å². The molecule has 0 aliphatic heterocycles. The Morgan fingerprint density at radius 1 is 1.40 bits per heavy atom. The van der Waals surface area contributed by atoms with Gasteiger partial charge in [-0.15, -0.1) is 0 Å². The van der Waals surface area contributed by atoms with Crippen molar-refractivity contribution in [2.24, 2.45) is 0 Å². The maximum atomic E-state index is 11.8. The summed E-state index contributed by atoms with van der Waals surface area (Å²) in [5.41, 5.74) is 2.68. The maximum absolute atomic E-state index is 11.8. The molecule has 0 bridgehead atoms. The molecule has 0 radical (unpaired) electrons. The SMILES string of the molecule is CN(C)NC(=O)c1occc1[Si](C)(C)C. The summed E-state index contributed by atoms with van der Waals surface area (Å²) in [6.45, 7) is 6.55. The average molecular weight is 226 g/mol. The number of nitrogens with zero attached hydrogens (tertiary/aromatic N) is 1. The first-order chi connectivity index (χ1) is 6.82. The number of hydrazine groups is 1. The quantitative estimate of drug-likeness (QED) is 0.618. The van der Waals surface area contributed by atoms with Crippen LogP contribution in [0.1, 0.15) is 10.6 Å².